The number of para-hydroxylation sites is 2. The van der Waals surface area contributed by atoms with Gasteiger partial charge in [0.15, 0.2) is 0 Å². The van der Waals surface area contributed by atoms with Crippen LogP contribution in [0.2, 0.25) is 0 Å². The SMILES string of the molecule is CCCCCn1c(N2CCCN(C(=O)O)CC2)nc2ccccc21. The number of unbranched alkanes of at least 4 members (excludes halogenated alkanes) is 2. The Hall–Kier alpha value is -2.24. The average molecular weight is 330 g/mol. The van der Waals surface area contributed by atoms with Crippen LogP contribution in [0.1, 0.15) is 32.6 Å². The van der Waals surface area contributed by atoms with Crippen LogP contribution < -0.4 is 4.90 Å². The number of rotatable bonds is 5. The third kappa shape index (κ3) is 3.47. The van der Waals surface area contributed by atoms with Gasteiger partial charge in [0.2, 0.25) is 5.95 Å². The molecule has 0 aliphatic carbocycles. The van der Waals surface area contributed by atoms with Crippen molar-refractivity contribution in [2.45, 2.75) is 39.2 Å². The van der Waals surface area contributed by atoms with Crippen molar-refractivity contribution in [3.05, 3.63) is 24.3 Å². The Morgan fingerprint density at radius 3 is 2.79 bits per heavy atom. The Labute approximate surface area is 142 Å². The predicted octanol–water partition coefficient (Wildman–Crippen LogP) is 3.42. The van der Waals surface area contributed by atoms with Gasteiger partial charge >= 0.3 is 6.09 Å². The second-order valence-corrected chi connectivity index (χ2v) is 6.37. The van der Waals surface area contributed by atoms with Crippen molar-refractivity contribution in [1.82, 2.24) is 14.5 Å². The summed E-state index contributed by atoms with van der Waals surface area (Å²) in [6.45, 7) is 5.85. The Morgan fingerprint density at radius 1 is 1.17 bits per heavy atom. The van der Waals surface area contributed by atoms with Crippen LogP contribution in [0.25, 0.3) is 11.0 Å². The first kappa shape index (κ1) is 16.6. The summed E-state index contributed by atoms with van der Waals surface area (Å²) >= 11 is 0. The molecule has 0 atom stereocenters. The highest BCUT2D eigenvalue weighted by molar-refractivity contribution is 5.78. The van der Waals surface area contributed by atoms with Crippen molar-refractivity contribution < 1.29 is 9.90 Å². The van der Waals surface area contributed by atoms with Crippen molar-refractivity contribution in [3.8, 4) is 0 Å². The summed E-state index contributed by atoms with van der Waals surface area (Å²) < 4.78 is 2.31. The number of amides is 1. The normalized spacial score (nSPS) is 15.7. The van der Waals surface area contributed by atoms with E-state index in [-0.39, 0.29) is 0 Å². The molecule has 0 spiro atoms. The van der Waals surface area contributed by atoms with E-state index in [4.69, 9.17) is 4.98 Å². The minimum Gasteiger partial charge on any atom is -0.465 e. The fourth-order valence-corrected chi connectivity index (χ4v) is 3.35. The lowest BCUT2D eigenvalue weighted by molar-refractivity contribution is 0.148. The van der Waals surface area contributed by atoms with Gasteiger partial charge in [0.25, 0.3) is 0 Å². The molecule has 1 amide bonds. The third-order valence-corrected chi connectivity index (χ3v) is 4.67. The van der Waals surface area contributed by atoms with Gasteiger partial charge in [-0.25, -0.2) is 9.78 Å². The fourth-order valence-electron chi connectivity index (χ4n) is 3.35. The molecule has 1 aromatic heterocycles. The van der Waals surface area contributed by atoms with Crippen LogP contribution in [0.15, 0.2) is 24.3 Å². The second kappa shape index (κ2) is 7.55. The molecule has 0 unspecified atom stereocenters. The lowest BCUT2D eigenvalue weighted by Gasteiger charge is -2.23. The van der Waals surface area contributed by atoms with E-state index in [2.05, 4.69) is 34.6 Å². The molecule has 1 fully saturated rings. The van der Waals surface area contributed by atoms with E-state index in [1.807, 2.05) is 6.07 Å². The molecule has 0 saturated carbocycles. The third-order valence-electron chi connectivity index (χ3n) is 4.67. The van der Waals surface area contributed by atoms with Crippen LogP contribution in [-0.4, -0.2) is 51.8 Å². The highest BCUT2D eigenvalue weighted by atomic mass is 16.4. The molecular formula is C18H26N4O2. The molecule has 6 heteroatoms. The summed E-state index contributed by atoms with van der Waals surface area (Å²) in [5.41, 5.74) is 2.19. The van der Waals surface area contributed by atoms with Gasteiger partial charge < -0.3 is 19.5 Å². The number of fused-ring (bicyclic) bond motifs is 1. The number of carbonyl (C=O) groups is 1. The molecule has 1 saturated heterocycles. The topological polar surface area (TPSA) is 61.6 Å². The van der Waals surface area contributed by atoms with Crippen molar-refractivity contribution >= 4 is 23.1 Å². The number of hydrogen-bond acceptors (Lipinski definition) is 3. The van der Waals surface area contributed by atoms with E-state index in [1.165, 1.54) is 23.3 Å². The summed E-state index contributed by atoms with van der Waals surface area (Å²) in [7, 11) is 0. The van der Waals surface area contributed by atoms with Crippen molar-refractivity contribution in [3.63, 3.8) is 0 Å². The molecule has 3 rings (SSSR count). The van der Waals surface area contributed by atoms with Crippen LogP contribution in [0.4, 0.5) is 10.7 Å². The van der Waals surface area contributed by atoms with Gasteiger partial charge in [-0.05, 0) is 25.0 Å². The lowest BCUT2D eigenvalue weighted by Crippen LogP contribution is -2.34. The first-order chi connectivity index (χ1) is 11.7. The van der Waals surface area contributed by atoms with E-state index in [1.54, 1.807) is 0 Å². The number of benzene rings is 1. The number of nitrogens with zero attached hydrogens (tertiary/aromatic N) is 4. The maximum absolute atomic E-state index is 11.2. The summed E-state index contributed by atoms with van der Waals surface area (Å²) in [5.74, 6) is 0.986. The molecule has 24 heavy (non-hydrogen) atoms. The number of aryl methyl sites for hydroxylation is 1. The van der Waals surface area contributed by atoms with Crippen LogP contribution in [0.5, 0.6) is 0 Å². The van der Waals surface area contributed by atoms with Crippen molar-refractivity contribution in [2.75, 3.05) is 31.1 Å². The molecule has 1 aliphatic heterocycles. The van der Waals surface area contributed by atoms with E-state index in [0.717, 1.165) is 37.4 Å². The quantitative estimate of drug-likeness (QED) is 0.853. The smallest absolute Gasteiger partial charge is 0.407 e. The molecule has 130 valence electrons. The first-order valence-corrected chi connectivity index (χ1v) is 8.88. The highest BCUT2D eigenvalue weighted by Crippen LogP contribution is 2.24. The molecule has 1 aliphatic rings. The highest BCUT2D eigenvalue weighted by Gasteiger charge is 2.22. The number of hydrogen-bond donors (Lipinski definition) is 1. The molecule has 6 nitrogen and oxygen atoms in total. The minimum atomic E-state index is -0.826. The van der Waals surface area contributed by atoms with Gasteiger partial charge in [-0.1, -0.05) is 31.9 Å². The fraction of sp³-hybridized carbons (Fsp3) is 0.556. The van der Waals surface area contributed by atoms with E-state index >= 15 is 0 Å². The van der Waals surface area contributed by atoms with E-state index in [9.17, 15) is 9.90 Å². The molecule has 0 radical (unpaired) electrons. The zero-order valence-electron chi connectivity index (χ0n) is 14.3. The molecule has 0 bridgehead atoms. The Morgan fingerprint density at radius 2 is 2.00 bits per heavy atom. The zero-order chi connectivity index (χ0) is 16.9. The maximum atomic E-state index is 11.2. The van der Waals surface area contributed by atoms with Crippen LogP contribution in [-0.2, 0) is 6.54 Å². The Balaban J connectivity index is 1.87. The summed E-state index contributed by atoms with van der Waals surface area (Å²) in [6, 6.07) is 8.25. The zero-order valence-corrected chi connectivity index (χ0v) is 14.3. The van der Waals surface area contributed by atoms with Gasteiger partial charge in [-0.2, -0.15) is 0 Å². The number of anilines is 1. The van der Waals surface area contributed by atoms with Gasteiger partial charge in [-0.3, -0.25) is 0 Å². The van der Waals surface area contributed by atoms with Gasteiger partial charge in [0.1, 0.15) is 0 Å². The maximum Gasteiger partial charge on any atom is 0.407 e. The van der Waals surface area contributed by atoms with Crippen molar-refractivity contribution in [1.29, 1.82) is 0 Å². The van der Waals surface area contributed by atoms with Gasteiger partial charge in [0, 0.05) is 32.7 Å². The summed E-state index contributed by atoms with van der Waals surface area (Å²) in [5, 5.41) is 9.22. The van der Waals surface area contributed by atoms with E-state index in [0.29, 0.717) is 19.6 Å². The van der Waals surface area contributed by atoms with Crippen LogP contribution >= 0.6 is 0 Å². The van der Waals surface area contributed by atoms with Gasteiger partial charge in [-0.15, -0.1) is 0 Å². The number of aromatic nitrogens is 2. The number of imidazole rings is 1. The first-order valence-electron chi connectivity index (χ1n) is 8.88. The molecular weight excluding hydrogens is 304 g/mol. The van der Waals surface area contributed by atoms with E-state index < -0.39 is 6.09 Å². The molecule has 1 aromatic carbocycles. The molecule has 2 heterocycles. The summed E-state index contributed by atoms with van der Waals surface area (Å²) in [4.78, 5) is 19.8. The van der Waals surface area contributed by atoms with Crippen molar-refractivity contribution in [2.24, 2.45) is 0 Å². The number of carboxylic acid groups (broad SMARTS) is 1. The Bertz CT molecular complexity index is 697. The van der Waals surface area contributed by atoms with Crippen LogP contribution in [0, 0.1) is 0 Å². The molecule has 1 N–H and O–H groups in total. The second-order valence-electron chi connectivity index (χ2n) is 6.37. The predicted molar refractivity (Wildman–Crippen MR) is 95.7 cm³/mol. The lowest BCUT2D eigenvalue weighted by atomic mass is 10.2. The largest absolute Gasteiger partial charge is 0.465 e. The monoisotopic (exact) mass is 330 g/mol. The minimum absolute atomic E-state index is 0.535. The standard InChI is InChI=1S/C18H26N4O2/c1-2-3-6-12-22-16-9-5-4-8-15(16)19-17(22)20-10-7-11-21(14-13-20)18(23)24/h4-5,8-9H,2-3,6-7,10-14H2,1H3,(H,23,24). The average Bonchev–Trinajstić information content (AvgIpc) is 2.77. The van der Waals surface area contributed by atoms with Crippen LogP contribution in [0.3, 0.4) is 0 Å². The molecule has 2 aromatic rings. The summed E-state index contributed by atoms with van der Waals surface area (Å²) in [6.07, 6.45) is 3.55. The Kier molecular flexibility index (Phi) is 5.23. The van der Waals surface area contributed by atoms with Gasteiger partial charge in [0.05, 0.1) is 11.0 Å².